The molecule has 6 aliphatic heterocycles. The fourth-order valence-corrected chi connectivity index (χ4v) is 8.30. The van der Waals surface area contributed by atoms with Crippen LogP contribution in [0.4, 0.5) is 0 Å². The van der Waals surface area contributed by atoms with Crippen molar-refractivity contribution < 1.29 is 68.1 Å². The van der Waals surface area contributed by atoms with Gasteiger partial charge in [0.05, 0.1) is 32.9 Å². The van der Waals surface area contributed by atoms with E-state index in [1.807, 2.05) is 18.2 Å². The average Bonchev–Trinajstić information content (AvgIpc) is 3.81. The van der Waals surface area contributed by atoms with Crippen LogP contribution in [0.15, 0.2) is 46.7 Å². The summed E-state index contributed by atoms with van der Waals surface area (Å²) in [7, 11) is 3.12. The summed E-state index contributed by atoms with van der Waals surface area (Å²) >= 11 is 0. The smallest absolute Gasteiger partial charge is 0.317 e. The summed E-state index contributed by atoms with van der Waals surface area (Å²) in [4.78, 5) is 29.0. The van der Waals surface area contributed by atoms with Crippen molar-refractivity contribution >= 4 is 18.2 Å². The maximum atomic E-state index is 12.3. The van der Waals surface area contributed by atoms with Crippen LogP contribution in [0, 0.1) is 0 Å². The molecule has 0 saturated carbocycles. The van der Waals surface area contributed by atoms with Crippen LogP contribution in [0.25, 0.3) is 0 Å². The number of methoxy groups -OCH3 is 2. The number of rotatable bonds is 9. The highest BCUT2D eigenvalue weighted by molar-refractivity contribution is 5.90. The Morgan fingerprint density at radius 3 is 2.68 bits per heavy atom. The molecule has 6 heterocycles. The van der Waals surface area contributed by atoms with E-state index in [9.17, 15) is 24.9 Å². The van der Waals surface area contributed by atoms with E-state index in [1.165, 1.54) is 0 Å². The molecule has 9 N–H and O–H groups in total. The number of nitrogens with two attached hydrogens (primary N) is 2. The molecule has 2 aromatic carbocycles. The average molecular weight is 738 g/mol. The summed E-state index contributed by atoms with van der Waals surface area (Å²) in [6.07, 6.45) is -5.63. The Morgan fingerprint density at radius 1 is 1.15 bits per heavy atom. The van der Waals surface area contributed by atoms with Gasteiger partial charge in [-0.15, -0.1) is 0 Å². The molecule has 1 saturated heterocycles. The molecule has 6 aliphatic rings. The SMILES string of the molecule is COc1ccc2c(c1OC)OC1c3c(cc4c(c3C[NH+]3C=C5N=CC=C5C3)CCC3(O)C(O4)OC(C(OC(=O)CC(=O)O)C(N)N)C(O)C3O)OCC21. The van der Waals surface area contributed by atoms with Gasteiger partial charge in [-0.2, -0.15) is 0 Å². The molecule has 2 aromatic rings. The Kier molecular flexibility index (Phi) is 8.84. The fraction of sp³-hybridized carbons (Fsp3) is 0.472. The molecule has 9 atom stereocenters. The third-order valence-electron chi connectivity index (χ3n) is 10.9. The summed E-state index contributed by atoms with van der Waals surface area (Å²) in [5, 5.41) is 43.8. The molecule has 0 amide bonds. The lowest BCUT2D eigenvalue weighted by atomic mass is 9.80. The predicted molar refractivity (Wildman–Crippen MR) is 181 cm³/mol. The second-order valence-corrected chi connectivity index (χ2v) is 14.0. The van der Waals surface area contributed by atoms with Crippen molar-refractivity contribution in [1.82, 2.24) is 0 Å². The number of hydrogen-bond donors (Lipinski definition) is 7. The molecule has 53 heavy (non-hydrogen) atoms. The molecule has 8 rings (SSSR count). The van der Waals surface area contributed by atoms with Gasteiger partial charge in [0.1, 0.15) is 67.3 Å². The fourth-order valence-electron chi connectivity index (χ4n) is 8.30. The van der Waals surface area contributed by atoms with Gasteiger partial charge in [-0.1, -0.05) is 6.07 Å². The summed E-state index contributed by atoms with van der Waals surface area (Å²) in [6, 6.07) is 5.49. The first kappa shape index (κ1) is 35.3. The molecule has 9 unspecified atom stereocenters. The Bertz CT molecular complexity index is 1950. The zero-order valence-corrected chi connectivity index (χ0v) is 28.9. The normalized spacial score (nSPS) is 30.8. The minimum atomic E-state index is -2.16. The lowest BCUT2D eigenvalue weighted by Crippen LogP contribution is -3.05. The molecule has 17 heteroatoms. The number of nitrogens with one attached hydrogen (secondary N) is 1. The van der Waals surface area contributed by atoms with E-state index in [0.29, 0.717) is 47.4 Å². The molecule has 1 fully saturated rings. The van der Waals surface area contributed by atoms with Gasteiger partial charge in [0.25, 0.3) is 0 Å². The number of allylic oxidation sites excluding steroid dienone is 1. The number of carboxylic acids is 1. The molecule has 0 aliphatic carbocycles. The Hall–Kier alpha value is -4.75. The van der Waals surface area contributed by atoms with Gasteiger partial charge in [0.2, 0.25) is 12.0 Å². The Labute approximate surface area is 302 Å². The van der Waals surface area contributed by atoms with Crippen molar-refractivity contribution in [1.29, 1.82) is 0 Å². The minimum absolute atomic E-state index is 0.119. The number of fused-ring (bicyclic) bond motifs is 8. The molecule has 0 spiro atoms. The Balaban J connectivity index is 1.19. The first-order valence-corrected chi connectivity index (χ1v) is 17.3. The van der Waals surface area contributed by atoms with Crippen LogP contribution < -0.4 is 40.1 Å². The highest BCUT2D eigenvalue weighted by atomic mass is 16.7. The number of hydrogen-bond acceptors (Lipinski definition) is 15. The molecule has 0 radical (unpaired) electrons. The molecular weight excluding hydrogens is 696 g/mol. The highest BCUT2D eigenvalue weighted by Crippen LogP contribution is 2.58. The van der Waals surface area contributed by atoms with Gasteiger partial charge in [-0.05, 0) is 25.0 Å². The number of ether oxygens (including phenoxy) is 7. The van der Waals surface area contributed by atoms with Crippen molar-refractivity contribution in [2.24, 2.45) is 16.5 Å². The van der Waals surface area contributed by atoms with Gasteiger partial charge < -0.3 is 65.1 Å². The van der Waals surface area contributed by atoms with E-state index in [2.05, 4.69) is 11.2 Å². The van der Waals surface area contributed by atoms with Gasteiger partial charge >= 0.3 is 11.9 Å². The second kappa shape index (κ2) is 13.3. The number of aliphatic carboxylic acids is 1. The second-order valence-electron chi connectivity index (χ2n) is 14.0. The van der Waals surface area contributed by atoms with Crippen LogP contribution >= 0.6 is 0 Å². The summed E-state index contributed by atoms with van der Waals surface area (Å²) in [6.45, 7) is 1.41. The lowest BCUT2D eigenvalue weighted by Gasteiger charge is -2.48. The number of esters is 1. The van der Waals surface area contributed by atoms with Crippen LogP contribution in [0.2, 0.25) is 0 Å². The highest BCUT2D eigenvalue weighted by Gasteiger charge is 2.60. The van der Waals surface area contributed by atoms with E-state index in [4.69, 9.17) is 49.7 Å². The number of benzene rings is 2. The predicted octanol–water partition coefficient (Wildman–Crippen LogP) is -1.30. The topological polar surface area (TPSA) is 249 Å². The van der Waals surface area contributed by atoms with Crippen LogP contribution in [-0.2, 0) is 32.0 Å². The number of aliphatic hydroxyl groups is 3. The van der Waals surface area contributed by atoms with Gasteiger partial charge in [0.15, 0.2) is 23.2 Å². The van der Waals surface area contributed by atoms with E-state index >= 15 is 0 Å². The minimum Gasteiger partial charge on any atom is -0.493 e. The van der Waals surface area contributed by atoms with Crippen molar-refractivity contribution in [3.05, 3.63) is 64.0 Å². The molecule has 0 bridgehead atoms. The van der Waals surface area contributed by atoms with E-state index < -0.39 is 66.9 Å². The molecule has 17 nitrogen and oxygen atoms in total. The van der Waals surface area contributed by atoms with E-state index in [1.54, 1.807) is 26.5 Å². The summed E-state index contributed by atoms with van der Waals surface area (Å²) in [5.41, 5.74) is 14.9. The zero-order valence-electron chi connectivity index (χ0n) is 28.9. The third kappa shape index (κ3) is 5.79. The van der Waals surface area contributed by atoms with Crippen molar-refractivity contribution in [2.75, 3.05) is 27.4 Å². The van der Waals surface area contributed by atoms with Crippen LogP contribution in [0.5, 0.6) is 28.7 Å². The van der Waals surface area contributed by atoms with Gasteiger partial charge in [-0.25, -0.2) is 0 Å². The van der Waals surface area contributed by atoms with Crippen LogP contribution in [0.1, 0.15) is 47.1 Å². The largest absolute Gasteiger partial charge is 0.493 e. The number of carbonyl (C=O) groups excluding carboxylic acids is 1. The van der Waals surface area contributed by atoms with Gasteiger partial charge in [0, 0.05) is 40.1 Å². The Morgan fingerprint density at radius 2 is 1.96 bits per heavy atom. The molecular formula is C36H41N4O13+. The molecule has 0 aromatic heterocycles. The van der Waals surface area contributed by atoms with Crippen molar-refractivity contribution in [2.45, 2.75) is 80.3 Å². The number of aliphatic hydroxyl groups excluding tert-OH is 2. The monoisotopic (exact) mass is 737 g/mol. The summed E-state index contributed by atoms with van der Waals surface area (Å²) < 4.78 is 42.2. The summed E-state index contributed by atoms with van der Waals surface area (Å²) in [5.74, 6) is -0.476. The standard InChI is InChI=1S/C36H40N4O13/c1-47-21-4-3-17-19-14-49-23-9-22-16(18(12-40-11-15-6-8-39-20(15)13-40)26(23)28(19)52-29(17)30(21)48-2)5-7-36(46)33(45)27(44)31(53-35(36)50-22)32(34(37)38)51-25(43)10-24(41)42/h3-4,6,8-9,13,19,27-28,31-35,44-46H,5,7,10-12,14,37-38H2,1-2H3,(H,41,42)/p+1. The number of aliphatic imine (C=N–C) groups is 1. The van der Waals surface area contributed by atoms with Gasteiger partial charge in [-0.3, -0.25) is 19.5 Å². The first-order chi connectivity index (χ1) is 25.4. The number of nitrogens with zero attached hydrogens (tertiary/aromatic N) is 1. The molecule has 282 valence electrons. The quantitative estimate of drug-likeness (QED) is 0.0898. The van der Waals surface area contributed by atoms with Crippen LogP contribution in [0.3, 0.4) is 0 Å². The zero-order chi connectivity index (χ0) is 37.3. The van der Waals surface area contributed by atoms with E-state index in [0.717, 1.165) is 32.9 Å². The number of quaternary nitrogens is 1. The van der Waals surface area contributed by atoms with E-state index in [-0.39, 0.29) is 25.4 Å². The van der Waals surface area contributed by atoms with Crippen LogP contribution in [-0.4, -0.2) is 108 Å². The number of carbonyl (C=O) groups is 2. The third-order valence-corrected chi connectivity index (χ3v) is 10.9. The van der Waals surface area contributed by atoms with Crippen molar-refractivity contribution in [3.63, 3.8) is 0 Å². The maximum absolute atomic E-state index is 12.3. The first-order valence-electron chi connectivity index (χ1n) is 17.3. The lowest BCUT2D eigenvalue weighted by molar-refractivity contribution is -0.851. The number of carboxylic acid groups (broad SMARTS) is 1. The maximum Gasteiger partial charge on any atom is 0.317 e. The van der Waals surface area contributed by atoms with Crippen molar-refractivity contribution in [3.8, 4) is 28.7 Å².